The molecule has 1 aliphatic carbocycles. The van der Waals surface area contributed by atoms with Crippen LogP contribution in [-0.4, -0.2) is 49.3 Å². The zero-order chi connectivity index (χ0) is 12.4. The van der Waals surface area contributed by atoms with Gasteiger partial charge in [-0.2, -0.15) is 0 Å². The average Bonchev–Trinajstić information content (AvgIpc) is 3.12. The summed E-state index contributed by atoms with van der Waals surface area (Å²) in [4.78, 5) is 2.76. The van der Waals surface area contributed by atoms with Gasteiger partial charge in [0.15, 0.2) is 0 Å². The number of ether oxygens (including phenoxy) is 1. The van der Waals surface area contributed by atoms with Gasteiger partial charge in [-0.3, -0.25) is 4.90 Å². The molecule has 1 saturated carbocycles. The first-order valence-electron chi connectivity index (χ1n) is 7.86. The SMILES string of the molecule is CC1(C2CC2)CNCCN1CCCC1CCCO1. The molecule has 2 atom stereocenters. The topological polar surface area (TPSA) is 24.5 Å². The molecule has 3 fully saturated rings. The maximum Gasteiger partial charge on any atom is 0.0576 e. The molecule has 3 rings (SSSR count). The van der Waals surface area contributed by atoms with Crippen LogP contribution in [0.5, 0.6) is 0 Å². The summed E-state index contributed by atoms with van der Waals surface area (Å²) in [6, 6.07) is 0. The van der Waals surface area contributed by atoms with Crippen molar-refractivity contribution in [1.29, 1.82) is 0 Å². The van der Waals surface area contributed by atoms with E-state index >= 15 is 0 Å². The van der Waals surface area contributed by atoms with Crippen LogP contribution >= 0.6 is 0 Å². The molecule has 3 nitrogen and oxygen atoms in total. The lowest BCUT2D eigenvalue weighted by Crippen LogP contribution is -2.61. The maximum atomic E-state index is 5.72. The summed E-state index contributed by atoms with van der Waals surface area (Å²) < 4.78 is 5.72. The predicted molar refractivity (Wildman–Crippen MR) is 73.8 cm³/mol. The van der Waals surface area contributed by atoms with Crippen LogP contribution in [0.3, 0.4) is 0 Å². The van der Waals surface area contributed by atoms with E-state index in [0.717, 1.165) is 12.5 Å². The molecule has 0 spiro atoms. The smallest absolute Gasteiger partial charge is 0.0576 e. The minimum absolute atomic E-state index is 0.439. The van der Waals surface area contributed by atoms with E-state index in [-0.39, 0.29) is 0 Å². The van der Waals surface area contributed by atoms with E-state index in [1.807, 2.05) is 0 Å². The number of nitrogens with one attached hydrogen (secondary N) is 1. The van der Waals surface area contributed by atoms with Crippen LogP contribution in [0.15, 0.2) is 0 Å². The van der Waals surface area contributed by atoms with Crippen molar-refractivity contribution in [1.82, 2.24) is 10.2 Å². The first-order valence-corrected chi connectivity index (χ1v) is 7.86. The van der Waals surface area contributed by atoms with E-state index in [9.17, 15) is 0 Å². The van der Waals surface area contributed by atoms with Crippen LogP contribution < -0.4 is 5.32 Å². The number of piperazine rings is 1. The van der Waals surface area contributed by atoms with Crippen LogP contribution in [0.4, 0.5) is 0 Å². The minimum Gasteiger partial charge on any atom is -0.378 e. The van der Waals surface area contributed by atoms with Crippen molar-refractivity contribution in [3.63, 3.8) is 0 Å². The average molecular weight is 252 g/mol. The molecule has 2 saturated heterocycles. The van der Waals surface area contributed by atoms with Gasteiger partial charge in [-0.15, -0.1) is 0 Å². The van der Waals surface area contributed by atoms with Crippen LogP contribution in [0.25, 0.3) is 0 Å². The number of rotatable bonds is 5. The van der Waals surface area contributed by atoms with Gasteiger partial charge >= 0.3 is 0 Å². The Morgan fingerprint density at radius 1 is 1.33 bits per heavy atom. The van der Waals surface area contributed by atoms with Crippen molar-refractivity contribution >= 4 is 0 Å². The molecule has 104 valence electrons. The molecule has 0 radical (unpaired) electrons. The molecule has 1 N–H and O–H groups in total. The lowest BCUT2D eigenvalue weighted by Gasteiger charge is -2.46. The number of nitrogens with zero attached hydrogens (tertiary/aromatic N) is 1. The second kappa shape index (κ2) is 5.48. The lowest BCUT2D eigenvalue weighted by atomic mass is 9.91. The van der Waals surface area contributed by atoms with Crippen molar-refractivity contribution in [2.75, 3.05) is 32.8 Å². The van der Waals surface area contributed by atoms with Gasteiger partial charge < -0.3 is 10.1 Å². The predicted octanol–water partition coefficient (Wildman–Crippen LogP) is 2.02. The van der Waals surface area contributed by atoms with Crippen molar-refractivity contribution in [2.24, 2.45) is 5.92 Å². The summed E-state index contributed by atoms with van der Waals surface area (Å²) in [6.07, 6.45) is 8.61. The van der Waals surface area contributed by atoms with E-state index in [1.165, 1.54) is 64.7 Å². The third-order valence-corrected chi connectivity index (χ3v) is 5.20. The van der Waals surface area contributed by atoms with Gasteiger partial charge in [0, 0.05) is 31.8 Å². The Labute approximate surface area is 111 Å². The highest BCUT2D eigenvalue weighted by molar-refractivity contribution is 5.02. The summed E-state index contributed by atoms with van der Waals surface area (Å²) in [7, 11) is 0. The minimum atomic E-state index is 0.439. The van der Waals surface area contributed by atoms with Crippen molar-refractivity contribution in [2.45, 2.75) is 57.1 Å². The molecule has 2 unspecified atom stereocenters. The van der Waals surface area contributed by atoms with Gasteiger partial charge in [-0.1, -0.05) is 0 Å². The normalized spacial score (nSPS) is 38.2. The van der Waals surface area contributed by atoms with E-state index in [0.29, 0.717) is 11.6 Å². The van der Waals surface area contributed by atoms with Gasteiger partial charge in [-0.05, 0) is 57.9 Å². The highest BCUT2D eigenvalue weighted by Gasteiger charge is 2.46. The van der Waals surface area contributed by atoms with Gasteiger partial charge in [0.05, 0.1) is 6.10 Å². The largest absolute Gasteiger partial charge is 0.378 e. The molecule has 2 aliphatic heterocycles. The summed E-state index contributed by atoms with van der Waals surface area (Å²) >= 11 is 0. The molecule has 0 amide bonds. The highest BCUT2D eigenvalue weighted by Crippen LogP contribution is 2.43. The van der Waals surface area contributed by atoms with E-state index < -0.39 is 0 Å². The molecule has 0 aromatic carbocycles. The first-order chi connectivity index (χ1) is 8.79. The van der Waals surface area contributed by atoms with E-state index in [4.69, 9.17) is 4.74 Å². The Hall–Kier alpha value is -0.120. The maximum absolute atomic E-state index is 5.72. The Balaban J connectivity index is 1.47. The number of hydrogen-bond donors (Lipinski definition) is 1. The monoisotopic (exact) mass is 252 g/mol. The molecule has 0 bridgehead atoms. The fraction of sp³-hybridized carbons (Fsp3) is 1.00. The third-order valence-electron chi connectivity index (χ3n) is 5.20. The van der Waals surface area contributed by atoms with Gasteiger partial charge in [-0.25, -0.2) is 0 Å². The molecular weight excluding hydrogens is 224 g/mol. The van der Waals surface area contributed by atoms with Crippen LogP contribution in [0.2, 0.25) is 0 Å². The Kier molecular flexibility index (Phi) is 3.92. The van der Waals surface area contributed by atoms with Gasteiger partial charge in [0.2, 0.25) is 0 Å². The van der Waals surface area contributed by atoms with Crippen molar-refractivity contribution in [3.8, 4) is 0 Å². The standard InChI is InChI=1S/C15H28N2O/c1-15(13-6-7-13)12-16-8-10-17(15)9-2-4-14-5-3-11-18-14/h13-14,16H,2-12H2,1H3. The Bertz CT molecular complexity index is 274. The summed E-state index contributed by atoms with van der Waals surface area (Å²) in [6.45, 7) is 8.34. The van der Waals surface area contributed by atoms with Crippen LogP contribution in [-0.2, 0) is 4.74 Å². The van der Waals surface area contributed by atoms with E-state index in [1.54, 1.807) is 0 Å². The molecule has 18 heavy (non-hydrogen) atoms. The molecule has 0 aromatic heterocycles. The Morgan fingerprint density at radius 3 is 2.94 bits per heavy atom. The molecule has 3 heteroatoms. The van der Waals surface area contributed by atoms with Crippen molar-refractivity contribution in [3.05, 3.63) is 0 Å². The number of hydrogen-bond acceptors (Lipinski definition) is 3. The first kappa shape index (κ1) is 12.9. The summed E-state index contributed by atoms with van der Waals surface area (Å²) in [5.41, 5.74) is 0.439. The second-order valence-corrected chi connectivity index (χ2v) is 6.57. The summed E-state index contributed by atoms with van der Waals surface area (Å²) in [5, 5.41) is 3.59. The zero-order valence-electron chi connectivity index (χ0n) is 11.8. The second-order valence-electron chi connectivity index (χ2n) is 6.57. The highest BCUT2D eigenvalue weighted by atomic mass is 16.5. The molecule has 0 aromatic rings. The molecule has 2 heterocycles. The summed E-state index contributed by atoms with van der Waals surface area (Å²) in [5.74, 6) is 0.952. The molecular formula is C15H28N2O. The van der Waals surface area contributed by atoms with Crippen LogP contribution in [0.1, 0.15) is 45.4 Å². The quantitative estimate of drug-likeness (QED) is 0.810. The fourth-order valence-electron chi connectivity index (χ4n) is 3.78. The van der Waals surface area contributed by atoms with E-state index in [2.05, 4.69) is 17.1 Å². The fourth-order valence-corrected chi connectivity index (χ4v) is 3.78. The third kappa shape index (κ3) is 2.73. The Morgan fingerprint density at radius 2 is 2.22 bits per heavy atom. The zero-order valence-corrected chi connectivity index (χ0v) is 11.8. The lowest BCUT2D eigenvalue weighted by molar-refractivity contribution is 0.0461. The molecule has 3 aliphatic rings. The van der Waals surface area contributed by atoms with Crippen molar-refractivity contribution < 1.29 is 4.74 Å². The van der Waals surface area contributed by atoms with Gasteiger partial charge in [0.25, 0.3) is 0 Å². The van der Waals surface area contributed by atoms with Crippen LogP contribution in [0, 0.1) is 5.92 Å². The van der Waals surface area contributed by atoms with Gasteiger partial charge in [0.1, 0.15) is 0 Å².